The van der Waals surface area contributed by atoms with Gasteiger partial charge in [0.25, 0.3) is 0 Å². The Morgan fingerprint density at radius 2 is 1.86 bits per heavy atom. The minimum Gasteiger partial charge on any atom is -0.466 e. The molecule has 0 amide bonds. The fourth-order valence-electron chi connectivity index (χ4n) is 0.843. The lowest BCUT2D eigenvalue weighted by Crippen LogP contribution is -2.23. The van der Waals surface area contributed by atoms with Gasteiger partial charge in [0, 0.05) is 6.42 Å². The minimum absolute atomic E-state index is 0.175. The van der Waals surface area contributed by atoms with Crippen molar-refractivity contribution in [3.05, 3.63) is 0 Å². The molecule has 80 valence electrons. The molecule has 0 heterocycles. The van der Waals surface area contributed by atoms with Crippen molar-refractivity contribution in [2.75, 3.05) is 13.7 Å². The van der Waals surface area contributed by atoms with Crippen molar-refractivity contribution < 1.29 is 23.9 Å². The molecule has 0 spiro atoms. The zero-order valence-corrected chi connectivity index (χ0v) is 8.53. The van der Waals surface area contributed by atoms with Crippen molar-refractivity contribution in [3.8, 4) is 0 Å². The highest BCUT2D eigenvalue weighted by molar-refractivity contribution is 6.33. The third-order valence-electron chi connectivity index (χ3n) is 1.59. The Bertz CT molecular complexity index is 233. The highest BCUT2D eigenvalue weighted by Crippen LogP contribution is 2.05. The largest absolute Gasteiger partial charge is 0.466 e. The van der Waals surface area contributed by atoms with Crippen molar-refractivity contribution in [2.24, 2.45) is 5.92 Å². The summed E-state index contributed by atoms with van der Waals surface area (Å²) in [5.41, 5.74) is 0. The molecule has 5 heteroatoms. The summed E-state index contributed by atoms with van der Waals surface area (Å²) >= 11 is 0. The number of esters is 2. The van der Waals surface area contributed by atoms with Gasteiger partial charge in [-0.15, -0.1) is 0 Å². The van der Waals surface area contributed by atoms with Gasteiger partial charge < -0.3 is 9.47 Å². The van der Waals surface area contributed by atoms with E-state index in [1.165, 1.54) is 6.92 Å². The van der Waals surface area contributed by atoms with Crippen LogP contribution >= 0.6 is 0 Å². The first-order chi connectivity index (χ1) is 6.52. The first kappa shape index (κ1) is 12.6. The van der Waals surface area contributed by atoms with Crippen LogP contribution < -0.4 is 0 Å². The zero-order chi connectivity index (χ0) is 11.1. The van der Waals surface area contributed by atoms with E-state index in [4.69, 9.17) is 0 Å². The number of carbonyl (C=O) groups excluding carboxylic acids is 3. The molecule has 14 heavy (non-hydrogen) atoms. The summed E-state index contributed by atoms with van der Waals surface area (Å²) in [4.78, 5) is 32.8. The summed E-state index contributed by atoms with van der Waals surface area (Å²) in [5.74, 6) is -2.74. The Labute approximate surface area is 82.4 Å². The smallest absolute Gasteiger partial charge is 0.374 e. The maximum absolute atomic E-state index is 11.1. The minimum atomic E-state index is -0.929. The van der Waals surface area contributed by atoms with E-state index in [0.29, 0.717) is 0 Å². The Morgan fingerprint density at radius 1 is 1.29 bits per heavy atom. The normalized spacial score (nSPS) is 11.6. The summed E-state index contributed by atoms with van der Waals surface area (Å²) in [6.45, 7) is 3.46. The average molecular weight is 202 g/mol. The van der Waals surface area contributed by atoms with Crippen molar-refractivity contribution in [1.82, 2.24) is 0 Å². The van der Waals surface area contributed by atoms with E-state index in [1.54, 1.807) is 6.92 Å². The molecule has 0 aliphatic heterocycles. The maximum Gasteiger partial charge on any atom is 0.374 e. The van der Waals surface area contributed by atoms with Crippen LogP contribution in [-0.4, -0.2) is 31.4 Å². The summed E-state index contributed by atoms with van der Waals surface area (Å²) in [6, 6.07) is 0. The number of rotatable bonds is 5. The van der Waals surface area contributed by atoms with Crippen LogP contribution in [0.5, 0.6) is 0 Å². The third kappa shape index (κ3) is 4.02. The van der Waals surface area contributed by atoms with Crippen molar-refractivity contribution in [1.29, 1.82) is 0 Å². The van der Waals surface area contributed by atoms with Gasteiger partial charge >= 0.3 is 11.9 Å². The monoisotopic (exact) mass is 202 g/mol. The molecule has 0 aromatic carbocycles. The summed E-state index contributed by atoms with van der Waals surface area (Å²) < 4.78 is 8.89. The molecule has 0 N–H and O–H groups in total. The Hall–Kier alpha value is -1.39. The lowest BCUT2D eigenvalue weighted by Gasteiger charge is -2.08. The first-order valence-corrected chi connectivity index (χ1v) is 4.30. The van der Waals surface area contributed by atoms with Crippen LogP contribution in [0.2, 0.25) is 0 Å². The highest BCUT2D eigenvalue weighted by atomic mass is 16.5. The van der Waals surface area contributed by atoms with Crippen LogP contribution in [-0.2, 0) is 23.9 Å². The molecule has 5 nitrogen and oxygen atoms in total. The molecule has 0 fully saturated rings. The molecule has 1 unspecified atom stereocenters. The SMILES string of the molecule is CCOC(=O)C(C)CC(=O)C(=O)OC. The van der Waals surface area contributed by atoms with E-state index in [1.807, 2.05) is 0 Å². The molecule has 0 aliphatic rings. The van der Waals surface area contributed by atoms with Crippen LogP contribution in [0.4, 0.5) is 0 Å². The molecule has 1 atom stereocenters. The van der Waals surface area contributed by atoms with Crippen LogP contribution in [0.25, 0.3) is 0 Å². The zero-order valence-electron chi connectivity index (χ0n) is 8.53. The average Bonchev–Trinajstić information content (AvgIpc) is 2.16. The van der Waals surface area contributed by atoms with Gasteiger partial charge in [-0.05, 0) is 6.92 Å². The number of Topliss-reactive ketones (excluding diaryl/α,β-unsaturated/α-hetero) is 1. The van der Waals surface area contributed by atoms with Gasteiger partial charge in [0.2, 0.25) is 5.78 Å². The van der Waals surface area contributed by atoms with Gasteiger partial charge in [0.05, 0.1) is 19.6 Å². The van der Waals surface area contributed by atoms with Crippen molar-refractivity contribution in [3.63, 3.8) is 0 Å². The molecular weight excluding hydrogens is 188 g/mol. The lowest BCUT2D eigenvalue weighted by molar-refractivity contribution is -0.154. The van der Waals surface area contributed by atoms with E-state index in [9.17, 15) is 14.4 Å². The standard InChI is InChI=1S/C9H14O5/c1-4-14-8(11)6(2)5-7(10)9(12)13-3/h6H,4-5H2,1-3H3. The van der Waals surface area contributed by atoms with Gasteiger partial charge in [-0.25, -0.2) is 4.79 Å². The van der Waals surface area contributed by atoms with E-state index < -0.39 is 23.6 Å². The number of hydrogen-bond acceptors (Lipinski definition) is 5. The van der Waals surface area contributed by atoms with Crippen LogP contribution in [0.1, 0.15) is 20.3 Å². The molecule has 0 aromatic rings. The predicted octanol–water partition coefficient (Wildman–Crippen LogP) is 0.318. The quantitative estimate of drug-likeness (QED) is 0.474. The summed E-state index contributed by atoms with van der Waals surface area (Å²) in [5, 5.41) is 0. The second kappa shape index (κ2) is 6.12. The van der Waals surface area contributed by atoms with Gasteiger partial charge in [-0.2, -0.15) is 0 Å². The molecule has 0 saturated heterocycles. The first-order valence-electron chi connectivity index (χ1n) is 4.30. The van der Waals surface area contributed by atoms with Gasteiger partial charge in [0.15, 0.2) is 0 Å². The van der Waals surface area contributed by atoms with Crippen LogP contribution in [0.3, 0.4) is 0 Å². The number of methoxy groups -OCH3 is 1. The topological polar surface area (TPSA) is 69.7 Å². The molecular formula is C9H14O5. The van der Waals surface area contributed by atoms with Crippen LogP contribution in [0, 0.1) is 5.92 Å². The highest BCUT2D eigenvalue weighted by Gasteiger charge is 2.22. The van der Waals surface area contributed by atoms with Gasteiger partial charge in [0.1, 0.15) is 0 Å². The fraction of sp³-hybridized carbons (Fsp3) is 0.667. The third-order valence-corrected chi connectivity index (χ3v) is 1.59. The molecule has 0 rings (SSSR count). The van der Waals surface area contributed by atoms with Crippen molar-refractivity contribution in [2.45, 2.75) is 20.3 Å². The molecule has 0 aliphatic carbocycles. The fourth-order valence-corrected chi connectivity index (χ4v) is 0.843. The van der Waals surface area contributed by atoms with Crippen molar-refractivity contribution >= 4 is 17.7 Å². The van der Waals surface area contributed by atoms with Crippen LogP contribution in [0.15, 0.2) is 0 Å². The van der Waals surface area contributed by atoms with E-state index in [2.05, 4.69) is 9.47 Å². The number of ether oxygens (including phenoxy) is 2. The summed E-state index contributed by atoms with van der Waals surface area (Å²) in [7, 11) is 1.12. The summed E-state index contributed by atoms with van der Waals surface area (Å²) in [6.07, 6.45) is -0.175. The number of hydrogen-bond donors (Lipinski definition) is 0. The Balaban J connectivity index is 4.05. The molecule has 0 bridgehead atoms. The molecule has 0 radical (unpaired) electrons. The Kier molecular flexibility index (Phi) is 5.52. The Morgan fingerprint density at radius 3 is 2.29 bits per heavy atom. The van der Waals surface area contributed by atoms with Gasteiger partial charge in [-0.3, -0.25) is 9.59 Å². The second-order valence-electron chi connectivity index (χ2n) is 2.77. The van der Waals surface area contributed by atoms with E-state index >= 15 is 0 Å². The second-order valence-corrected chi connectivity index (χ2v) is 2.77. The van der Waals surface area contributed by atoms with E-state index in [0.717, 1.165) is 7.11 Å². The predicted molar refractivity (Wildman–Crippen MR) is 47.4 cm³/mol. The van der Waals surface area contributed by atoms with E-state index in [-0.39, 0.29) is 13.0 Å². The lowest BCUT2D eigenvalue weighted by atomic mass is 10.1. The number of carbonyl (C=O) groups is 3. The number of ketones is 1. The molecule has 0 aromatic heterocycles. The maximum atomic E-state index is 11.1. The van der Waals surface area contributed by atoms with Gasteiger partial charge in [-0.1, -0.05) is 6.92 Å². The molecule has 0 saturated carbocycles.